The second kappa shape index (κ2) is 7.25. The Kier molecular flexibility index (Phi) is 4.78. The van der Waals surface area contributed by atoms with Crippen LogP contribution in [0, 0.1) is 0 Å². The molecule has 0 saturated carbocycles. The van der Waals surface area contributed by atoms with Gasteiger partial charge in [-0.3, -0.25) is 9.71 Å². The number of thiocarbonyl (C=S) groups is 1. The van der Waals surface area contributed by atoms with Gasteiger partial charge >= 0.3 is 0 Å². The third-order valence-electron chi connectivity index (χ3n) is 4.49. The van der Waals surface area contributed by atoms with Crippen molar-refractivity contribution in [3.63, 3.8) is 0 Å². The minimum Gasteiger partial charge on any atom is -0.363 e. The van der Waals surface area contributed by atoms with Crippen LogP contribution in [0.3, 0.4) is 0 Å². The predicted molar refractivity (Wildman–Crippen MR) is 114 cm³/mol. The van der Waals surface area contributed by atoms with Gasteiger partial charge in [-0.25, -0.2) is 8.42 Å². The number of aromatic amines is 1. The Hall–Kier alpha value is -2.91. The Bertz CT molecular complexity index is 1070. The van der Waals surface area contributed by atoms with Gasteiger partial charge in [0.15, 0.2) is 5.11 Å². The van der Waals surface area contributed by atoms with Crippen LogP contribution < -0.4 is 14.9 Å². The Morgan fingerprint density at radius 1 is 1.11 bits per heavy atom. The highest BCUT2D eigenvalue weighted by Gasteiger charge is 2.41. The highest BCUT2D eigenvalue weighted by atomic mass is 32.2. The fraction of sp³-hybridized carbons (Fsp3) is 0.158. The van der Waals surface area contributed by atoms with E-state index >= 15 is 0 Å². The molecule has 0 spiro atoms. The zero-order chi connectivity index (χ0) is 19.7. The summed E-state index contributed by atoms with van der Waals surface area (Å²) in [6, 6.07) is 16.7. The molecule has 28 heavy (non-hydrogen) atoms. The number of anilines is 2. The quantitative estimate of drug-likeness (QED) is 0.557. The zero-order valence-electron chi connectivity index (χ0n) is 15.0. The minimum absolute atomic E-state index is 0.119. The molecule has 7 nitrogen and oxygen atoms in total. The molecule has 0 aliphatic carbocycles. The van der Waals surface area contributed by atoms with E-state index in [0.717, 1.165) is 23.3 Å². The molecule has 2 atom stereocenters. The molecular formula is C19H19N5O2S2. The summed E-state index contributed by atoms with van der Waals surface area (Å²) in [5.41, 5.74) is 3.25. The summed E-state index contributed by atoms with van der Waals surface area (Å²) < 4.78 is 25.3. The fourth-order valence-electron chi connectivity index (χ4n) is 3.38. The molecular weight excluding hydrogens is 394 g/mol. The summed E-state index contributed by atoms with van der Waals surface area (Å²) >= 11 is 5.63. The van der Waals surface area contributed by atoms with Crippen LogP contribution in [-0.2, 0) is 10.0 Å². The molecule has 1 aliphatic rings. The largest absolute Gasteiger partial charge is 0.363 e. The lowest BCUT2D eigenvalue weighted by molar-refractivity contribution is 0.558. The molecule has 0 radical (unpaired) electrons. The van der Waals surface area contributed by atoms with Crippen LogP contribution in [0.25, 0.3) is 0 Å². The molecule has 1 saturated heterocycles. The third-order valence-corrected chi connectivity index (χ3v) is 5.41. The molecule has 9 heteroatoms. The average Bonchev–Trinajstić information content (AvgIpc) is 3.29. The predicted octanol–water partition coefficient (Wildman–Crippen LogP) is 2.96. The maximum Gasteiger partial charge on any atom is 0.229 e. The normalized spacial score (nSPS) is 19.5. The number of rotatable bonds is 5. The number of aromatic nitrogens is 2. The molecule has 3 heterocycles. The molecule has 0 bridgehead atoms. The lowest BCUT2D eigenvalue weighted by Crippen LogP contribution is -2.29. The van der Waals surface area contributed by atoms with E-state index in [1.54, 1.807) is 18.3 Å². The topological polar surface area (TPSA) is 90.1 Å². The smallest absolute Gasteiger partial charge is 0.229 e. The number of H-pyrrole nitrogens is 1. The van der Waals surface area contributed by atoms with E-state index in [1.165, 1.54) is 0 Å². The standard InChI is InChI=1S/C19H19N5O2S2/c1-28(25,26)23-13-7-9-14(10-8-13)24-18(16-6-4-12-21-16)17(22-19(24)27)15-5-2-3-11-20-15/h2-12,17-18,21,23H,1H3,(H,22,27)/t17-,18+/m1/s1. The number of benzene rings is 1. The van der Waals surface area contributed by atoms with Crippen molar-refractivity contribution >= 4 is 38.7 Å². The van der Waals surface area contributed by atoms with Crippen molar-refractivity contribution in [1.29, 1.82) is 0 Å². The van der Waals surface area contributed by atoms with Gasteiger partial charge < -0.3 is 15.2 Å². The summed E-state index contributed by atoms with van der Waals surface area (Å²) in [6.45, 7) is 0. The van der Waals surface area contributed by atoms with Crippen molar-refractivity contribution in [2.75, 3.05) is 15.9 Å². The van der Waals surface area contributed by atoms with Gasteiger partial charge in [0.05, 0.1) is 18.0 Å². The number of hydrogen-bond acceptors (Lipinski definition) is 4. The summed E-state index contributed by atoms with van der Waals surface area (Å²) in [5.74, 6) is 0. The molecule has 3 aromatic rings. The molecule has 0 amide bonds. The van der Waals surface area contributed by atoms with Crippen molar-refractivity contribution in [3.05, 3.63) is 78.4 Å². The molecule has 0 unspecified atom stereocenters. The molecule has 1 aromatic carbocycles. The SMILES string of the molecule is CS(=O)(=O)Nc1ccc(N2C(=S)N[C@H](c3ccccn3)[C@@H]2c2ccc[nH]2)cc1. The van der Waals surface area contributed by atoms with Crippen LogP contribution in [0.15, 0.2) is 67.0 Å². The van der Waals surface area contributed by atoms with Gasteiger partial charge in [0.25, 0.3) is 0 Å². The number of hydrogen-bond donors (Lipinski definition) is 3. The number of sulfonamides is 1. The third kappa shape index (κ3) is 3.71. The number of pyridine rings is 1. The van der Waals surface area contributed by atoms with Gasteiger partial charge in [-0.2, -0.15) is 0 Å². The van der Waals surface area contributed by atoms with E-state index in [9.17, 15) is 8.42 Å². The Labute approximate surface area is 168 Å². The molecule has 144 valence electrons. The molecule has 3 N–H and O–H groups in total. The summed E-state index contributed by atoms with van der Waals surface area (Å²) in [5, 5.41) is 3.96. The number of nitrogens with zero attached hydrogens (tertiary/aromatic N) is 2. The first-order chi connectivity index (χ1) is 13.4. The van der Waals surface area contributed by atoms with Gasteiger partial charge in [-0.1, -0.05) is 6.07 Å². The van der Waals surface area contributed by atoms with Crippen LogP contribution in [0.1, 0.15) is 23.5 Å². The maximum absolute atomic E-state index is 11.4. The van der Waals surface area contributed by atoms with Crippen molar-refractivity contribution in [3.8, 4) is 0 Å². The van der Waals surface area contributed by atoms with Crippen LogP contribution >= 0.6 is 12.2 Å². The van der Waals surface area contributed by atoms with E-state index in [1.807, 2.05) is 53.6 Å². The first kappa shape index (κ1) is 18.5. The Morgan fingerprint density at radius 3 is 2.50 bits per heavy atom. The van der Waals surface area contributed by atoms with E-state index in [2.05, 4.69) is 20.0 Å². The second-order valence-corrected chi connectivity index (χ2v) is 8.68. The summed E-state index contributed by atoms with van der Waals surface area (Å²) in [7, 11) is -3.33. The van der Waals surface area contributed by atoms with Crippen molar-refractivity contribution in [2.24, 2.45) is 0 Å². The molecule has 1 fully saturated rings. The molecule has 1 aliphatic heterocycles. The summed E-state index contributed by atoms with van der Waals surface area (Å²) in [6.07, 6.45) is 4.77. The van der Waals surface area contributed by atoms with Crippen LogP contribution in [0.2, 0.25) is 0 Å². The van der Waals surface area contributed by atoms with Crippen molar-refractivity contribution in [1.82, 2.24) is 15.3 Å². The highest BCUT2D eigenvalue weighted by molar-refractivity contribution is 7.92. The fourth-order valence-corrected chi connectivity index (χ4v) is 4.29. The summed E-state index contributed by atoms with van der Waals surface area (Å²) in [4.78, 5) is 9.80. The van der Waals surface area contributed by atoms with Gasteiger partial charge in [0, 0.05) is 29.5 Å². The Balaban J connectivity index is 1.71. The van der Waals surface area contributed by atoms with Crippen molar-refractivity contribution < 1.29 is 8.42 Å². The molecule has 2 aromatic heterocycles. The van der Waals surface area contributed by atoms with Gasteiger partial charge in [-0.15, -0.1) is 0 Å². The Morgan fingerprint density at radius 2 is 1.89 bits per heavy atom. The van der Waals surface area contributed by atoms with E-state index < -0.39 is 10.0 Å². The average molecular weight is 414 g/mol. The first-order valence-corrected chi connectivity index (χ1v) is 10.9. The lowest BCUT2D eigenvalue weighted by Gasteiger charge is -2.27. The van der Waals surface area contributed by atoms with Crippen LogP contribution in [0.4, 0.5) is 11.4 Å². The number of nitrogens with one attached hydrogen (secondary N) is 3. The van der Waals surface area contributed by atoms with E-state index in [0.29, 0.717) is 10.8 Å². The monoisotopic (exact) mass is 413 g/mol. The molecule has 4 rings (SSSR count). The minimum atomic E-state index is -3.33. The van der Waals surface area contributed by atoms with Crippen LogP contribution in [-0.4, -0.2) is 29.8 Å². The van der Waals surface area contributed by atoms with E-state index in [-0.39, 0.29) is 12.1 Å². The maximum atomic E-state index is 11.4. The lowest BCUT2D eigenvalue weighted by atomic mass is 10.0. The first-order valence-electron chi connectivity index (χ1n) is 8.64. The van der Waals surface area contributed by atoms with E-state index in [4.69, 9.17) is 12.2 Å². The second-order valence-electron chi connectivity index (χ2n) is 6.54. The van der Waals surface area contributed by atoms with Crippen molar-refractivity contribution in [2.45, 2.75) is 12.1 Å². The van der Waals surface area contributed by atoms with Gasteiger partial charge in [-0.05, 0) is 60.7 Å². The van der Waals surface area contributed by atoms with Gasteiger partial charge in [0.1, 0.15) is 6.04 Å². The zero-order valence-corrected chi connectivity index (χ0v) is 16.7. The highest BCUT2D eigenvalue weighted by Crippen LogP contribution is 2.40. The van der Waals surface area contributed by atoms with Crippen LogP contribution in [0.5, 0.6) is 0 Å². The van der Waals surface area contributed by atoms with Gasteiger partial charge in [0.2, 0.25) is 10.0 Å².